The summed E-state index contributed by atoms with van der Waals surface area (Å²) in [5.74, 6) is 0.214. The van der Waals surface area contributed by atoms with E-state index in [2.05, 4.69) is 20.6 Å². The number of thiophene rings is 1. The van der Waals surface area contributed by atoms with Gasteiger partial charge >= 0.3 is 0 Å². The Morgan fingerprint density at radius 3 is 2.79 bits per heavy atom. The van der Waals surface area contributed by atoms with E-state index in [-0.39, 0.29) is 23.8 Å². The van der Waals surface area contributed by atoms with Crippen molar-refractivity contribution in [1.82, 2.24) is 9.97 Å². The molecular weight excluding hydrogens is 398 g/mol. The minimum absolute atomic E-state index is 0.0466. The van der Waals surface area contributed by atoms with Crippen LogP contribution in [0.15, 0.2) is 27.5 Å². The lowest BCUT2D eigenvalue weighted by atomic mass is 10.3. The normalized spacial score (nSPS) is 14.2. The Hall–Kier alpha value is -2.17. The Bertz CT molecular complexity index is 876. The highest BCUT2D eigenvalue weighted by molar-refractivity contribution is 7.99. The number of thioether (sulfide) groups is 1. The summed E-state index contributed by atoms with van der Waals surface area (Å²) in [6, 6.07) is 3.42. The molecule has 1 saturated heterocycles. The van der Waals surface area contributed by atoms with Crippen molar-refractivity contribution in [3.05, 3.63) is 32.7 Å². The average molecular weight is 423 g/mol. The van der Waals surface area contributed by atoms with Crippen LogP contribution in [-0.4, -0.2) is 47.2 Å². The third kappa shape index (κ3) is 5.43. The Kier molecular flexibility index (Phi) is 7.24. The van der Waals surface area contributed by atoms with Gasteiger partial charge in [-0.2, -0.15) is 0 Å². The van der Waals surface area contributed by atoms with Crippen LogP contribution >= 0.6 is 23.1 Å². The standard InChI is InChI=1S/C18H23N5O3S2/c1-2-13(24)19-15-14(20-16(25)12-6-5-10-27-12)17(26)22-18(21-15)28-11-9-23-7-3-4-8-23/h5-6,10H,2-4,7-9,11H2,1H3,(H,20,25)(H2,19,21,22,24,26)/p+1. The predicted molar refractivity (Wildman–Crippen MR) is 112 cm³/mol. The minimum Gasteiger partial charge on any atom is -0.334 e. The van der Waals surface area contributed by atoms with Gasteiger partial charge in [-0.15, -0.1) is 11.3 Å². The molecule has 0 spiro atoms. The molecule has 150 valence electrons. The van der Waals surface area contributed by atoms with E-state index in [9.17, 15) is 14.4 Å². The molecule has 1 aliphatic heterocycles. The zero-order chi connectivity index (χ0) is 19.9. The number of nitrogens with zero attached hydrogens (tertiary/aromatic N) is 1. The van der Waals surface area contributed by atoms with E-state index in [0.717, 1.165) is 12.3 Å². The molecule has 0 saturated carbocycles. The summed E-state index contributed by atoms with van der Waals surface area (Å²) in [6.45, 7) is 5.09. The molecule has 10 heteroatoms. The fraction of sp³-hybridized carbons (Fsp3) is 0.444. The second-order valence-corrected chi connectivity index (χ2v) is 8.51. The van der Waals surface area contributed by atoms with Gasteiger partial charge < -0.3 is 15.5 Å². The number of hydrogen-bond donors (Lipinski definition) is 4. The lowest BCUT2D eigenvalue weighted by Gasteiger charge is -2.13. The second-order valence-electron chi connectivity index (χ2n) is 6.48. The highest BCUT2D eigenvalue weighted by Crippen LogP contribution is 2.20. The number of carbonyl (C=O) groups is 2. The first kappa shape index (κ1) is 20.6. The molecule has 2 aromatic heterocycles. The Morgan fingerprint density at radius 2 is 2.11 bits per heavy atom. The number of anilines is 2. The van der Waals surface area contributed by atoms with Gasteiger partial charge in [-0.05, 0) is 11.4 Å². The Labute approximate surface area is 171 Å². The molecule has 0 radical (unpaired) electrons. The van der Waals surface area contributed by atoms with Gasteiger partial charge in [0.05, 0.1) is 30.3 Å². The molecule has 2 aromatic rings. The summed E-state index contributed by atoms with van der Waals surface area (Å²) < 4.78 is 0. The molecule has 1 fully saturated rings. The maximum absolute atomic E-state index is 12.6. The first-order valence-electron chi connectivity index (χ1n) is 9.32. The zero-order valence-electron chi connectivity index (χ0n) is 15.7. The van der Waals surface area contributed by atoms with Crippen molar-refractivity contribution in [2.24, 2.45) is 0 Å². The van der Waals surface area contributed by atoms with Gasteiger partial charge in [-0.25, -0.2) is 4.98 Å². The highest BCUT2D eigenvalue weighted by Gasteiger charge is 2.19. The van der Waals surface area contributed by atoms with E-state index in [1.54, 1.807) is 29.3 Å². The average Bonchev–Trinajstić information content (AvgIpc) is 3.38. The summed E-state index contributed by atoms with van der Waals surface area (Å²) in [6.07, 6.45) is 2.77. The van der Waals surface area contributed by atoms with Gasteiger partial charge in [0, 0.05) is 19.3 Å². The quantitative estimate of drug-likeness (QED) is 0.378. The molecule has 28 heavy (non-hydrogen) atoms. The Balaban J connectivity index is 1.76. The van der Waals surface area contributed by atoms with Crippen LogP contribution in [0.1, 0.15) is 35.9 Å². The summed E-state index contributed by atoms with van der Waals surface area (Å²) in [7, 11) is 0. The fourth-order valence-corrected chi connectivity index (χ4v) is 4.47. The van der Waals surface area contributed by atoms with Gasteiger partial charge in [-0.1, -0.05) is 24.8 Å². The maximum atomic E-state index is 12.6. The molecular formula is C18H24N5O3S2+. The minimum atomic E-state index is -0.484. The summed E-state index contributed by atoms with van der Waals surface area (Å²) in [5, 5.41) is 7.41. The lowest BCUT2D eigenvalue weighted by molar-refractivity contribution is -0.884. The second kappa shape index (κ2) is 9.85. The lowest BCUT2D eigenvalue weighted by Crippen LogP contribution is -3.10. The number of carbonyl (C=O) groups excluding carboxylic acids is 2. The highest BCUT2D eigenvalue weighted by atomic mass is 32.2. The van der Waals surface area contributed by atoms with Crippen molar-refractivity contribution in [2.45, 2.75) is 31.3 Å². The van der Waals surface area contributed by atoms with E-state index in [1.807, 2.05) is 0 Å². The number of aromatic amines is 1. The molecule has 1 aliphatic rings. The van der Waals surface area contributed by atoms with Gasteiger partial charge in [0.15, 0.2) is 16.7 Å². The van der Waals surface area contributed by atoms with Crippen molar-refractivity contribution in [3.63, 3.8) is 0 Å². The number of quaternary nitrogens is 1. The van der Waals surface area contributed by atoms with Gasteiger partial charge in [-0.3, -0.25) is 19.4 Å². The number of aromatic nitrogens is 2. The molecule has 0 atom stereocenters. The van der Waals surface area contributed by atoms with Crippen LogP contribution in [0, 0.1) is 0 Å². The molecule has 3 heterocycles. The molecule has 0 aliphatic carbocycles. The first-order chi connectivity index (χ1) is 13.6. The van der Waals surface area contributed by atoms with Crippen LogP contribution in [0.4, 0.5) is 11.5 Å². The number of H-pyrrole nitrogens is 1. The molecule has 0 unspecified atom stereocenters. The smallest absolute Gasteiger partial charge is 0.277 e. The third-order valence-electron chi connectivity index (χ3n) is 4.47. The van der Waals surface area contributed by atoms with Gasteiger partial charge in [0.1, 0.15) is 0 Å². The molecule has 3 rings (SSSR count). The van der Waals surface area contributed by atoms with E-state index in [4.69, 9.17) is 0 Å². The van der Waals surface area contributed by atoms with Crippen LogP contribution in [0.3, 0.4) is 0 Å². The van der Waals surface area contributed by atoms with E-state index < -0.39 is 11.5 Å². The summed E-state index contributed by atoms with van der Waals surface area (Å²) in [4.78, 5) is 45.9. The Morgan fingerprint density at radius 1 is 1.32 bits per heavy atom. The molecule has 4 N–H and O–H groups in total. The number of rotatable bonds is 8. The van der Waals surface area contributed by atoms with Crippen LogP contribution in [-0.2, 0) is 4.79 Å². The summed E-state index contributed by atoms with van der Waals surface area (Å²) in [5.41, 5.74) is -0.531. The van der Waals surface area contributed by atoms with E-state index >= 15 is 0 Å². The number of amides is 2. The summed E-state index contributed by atoms with van der Waals surface area (Å²) >= 11 is 2.71. The SMILES string of the molecule is CCC(=O)Nc1nc(SCC[NH+]2CCCC2)[nH]c(=O)c1NC(=O)c1cccs1. The number of hydrogen-bond acceptors (Lipinski definition) is 6. The van der Waals surface area contributed by atoms with Gasteiger partial charge in [0.2, 0.25) is 5.91 Å². The number of likely N-dealkylation sites (tertiary alicyclic amines) is 1. The number of nitrogens with one attached hydrogen (secondary N) is 4. The van der Waals surface area contributed by atoms with Gasteiger partial charge in [0.25, 0.3) is 11.5 Å². The van der Waals surface area contributed by atoms with Crippen LogP contribution in [0.5, 0.6) is 0 Å². The first-order valence-corrected chi connectivity index (χ1v) is 11.2. The molecule has 2 amide bonds. The molecule has 8 nitrogen and oxygen atoms in total. The van der Waals surface area contributed by atoms with Crippen molar-refractivity contribution >= 4 is 46.4 Å². The molecule has 0 bridgehead atoms. The van der Waals surface area contributed by atoms with Crippen molar-refractivity contribution in [1.29, 1.82) is 0 Å². The zero-order valence-corrected chi connectivity index (χ0v) is 17.3. The van der Waals surface area contributed by atoms with Crippen molar-refractivity contribution < 1.29 is 14.5 Å². The van der Waals surface area contributed by atoms with Crippen LogP contribution < -0.4 is 21.1 Å². The monoisotopic (exact) mass is 422 g/mol. The fourth-order valence-electron chi connectivity index (χ4n) is 2.95. The van der Waals surface area contributed by atoms with E-state index in [1.165, 1.54) is 49.0 Å². The molecule has 0 aromatic carbocycles. The van der Waals surface area contributed by atoms with Crippen LogP contribution in [0.2, 0.25) is 0 Å². The largest absolute Gasteiger partial charge is 0.334 e. The predicted octanol–water partition coefficient (Wildman–Crippen LogP) is 1.20. The van der Waals surface area contributed by atoms with Crippen LogP contribution in [0.25, 0.3) is 0 Å². The third-order valence-corrected chi connectivity index (χ3v) is 6.21. The van der Waals surface area contributed by atoms with Crippen molar-refractivity contribution in [3.8, 4) is 0 Å². The topological polar surface area (TPSA) is 108 Å². The maximum Gasteiger partial charge on any atom is 0.277 e. The van der Waals surface area contributed by atoms with Crippen molar-refractivity contribution in [2.75, 3.05) is 36.0 Å². The van der Waals surface area contributed by atoms with E-state index in [0.29, 0.717) is 10.0 Å².